The molecule has 0 rings (SSSR count). The van der Waals surface area contributed by atoms with Crippen LogP contribution in [0.15, 0.2) is 0 Å². The van der Waals surface area contributed by atoms with Crippen molar-refractivity contribution in [3.63, 3.8) is 0 Å². The van der Waals surface area contributed by atoms with Crippen molar-refractivity contribution in [2.75, 3.05) is 13.2 Å². The summed E-state index contributed by atoms with van der Waals surface area (Å²) in [6.45, 7) is 1.41. The fraction of sp³-hybridized carbons (Fsp3) is 0.800. The Morgan fingerprint density at radius 2 is 1.80 bits per heavy atom. The smallest absolute Gasteiger partial charge is 0.303 e. The lowest BCUT2D eigenvalue weighted by Gasteiger charge is -2.03. The molecule has 0 fully saturated rings. The van der Waals surface area contributed by atoms with Gasteiger partial charge in [0.2, 0.25) is 6.41 Å². The van der Waals surface area contributed by atoms with Gasteiger partial charge in [0.05, 0.1) is 6.67 Å². The first-order chi connectivity index (χ1) is 7.27. The van der Waals surface area contributed by atoms with Crippen molar-refractivity contribution in [1.82, 2.24) is 10.6 Å². The minimum atomic E-state index is -0.711. The third-order valence-electron chi connectivity index (χ3n) is 2.05. The SMILES string of the molecule is O=CNCNCCCCCCCC(=O)O. The second-order valence-electron chi connectivity index (χ2n) is 3.41. The number of rotatable bonds is 11. The molecule has 0 aliphatic carbocycles. The number of carboxylic acid groups (broad SMARTS) is 1. The van der Waals surface area contributed by atoms with Crippen molar-refractivity contribution < 1.29 is 14.7 Å². The summed E-state index contributed by atoms with van der Waals surface area (Å²) < 4.78 is 0. The van der Waals surface area contributed by atoms with Gasteiger partial charge in [-0.3, -0.25) is 9.59 Å². The lowest BCUT2D eigenvalue weighted by atomic mass is 10.1. The third-order valence-corrected chi connectivity index (χ3v) is 2.05. The summed E-state index contributed by atoms with van der Waals surface area (Å²) >= 11 is 0. The molecule has 0 aliphatic rings. The predicted molar refractivity (Wildman–Crippen MR) is 57.4 cm³/mol. The standard InChI is InChI=1S/C10H20N2O3/c13-9-12-8-11-7-5-3-1-2-4-6-10(14)15/h9,11H,1-8H2,(H,12,13)(H,14,15). The molecule has 3 N–H and O–H groups in total. The van der Waals surface area contributed by atoms with Crippen LogP contribution in [0.4, 0.5) is 0 Å². The van der Waals surface area contributed by atoms with Crippen molar-refractivity contribution in [3.05, 3.63) is 0 Å². The van der Waals surface area contributed by atoms with E-state index < -0.39 is 5.97 Å². The van der Waals surface area contributed by atoms with Crippen LogP contribution in [0.3, 0.4) is 0 Å². The molecule has 0 aromatic carbocycles. The average Bonchev–Trinajstić information content (AvgIpc) is 2.20. The largest absolute Gasteiger partial charge is 0.481 e. The number of hydrogen-bond donors (Lipinski definition) is 3. The number of aliphatic carboxylic acids is 1. The van der Waals surface area contributed by atoms with Crippen molar-refractivity contribution in [3.8, 4) is 0 Å². The van der Waals surface area contributed by atoms with E-state index in [9.17, 15) is 9.59 Å². The van der Waals surface area contributed by atoms with Crippen LogP contribution in [0.25, 0.3) is 0 Å². The highest BCUT2D eigenvalue weighted by Gasteiger charge is 1.96. The highest BCUT2D eigenvalue weighted by Crippen LogP contribution is 2.04. The summed E-state index contributed by atoms with van der Waals surface area (Å²) in [5.74, 6) is -0.711. The van der Waals surface area contributed by atoms with Gasteiger partial charge in [-0.05, 0) is 19.4 Å². The molecule has 0 radical (unpaired) electrons. The van der Waals surface area contributed by atoms with Gasteiger partial charge < -0.3 is 15.7 Å². The topological polar surface area (TPSA) is 78.4 Å². The molecule has 0 saturated carbocycles. The van der Waals surface area contributed by atoms with Gasteiger partial charge in [0, 0.05) is 6.42 Å². The minimum absolute atomic E-state index is 0.279. The van der Waals surface area contributed by atoms with Gasteiger partial charge in [-0.1, -0.05) is 19.3 Å². The van der Waals surface area contributed by atoms with Crippen molar-refractivity contribution >= 4 is 12.4 Å². The number of hydrogen-bond acceptors (Lipinski definition) is 3. The zero-order chi connectivity index (χ0) is 11.4. The molecule has 1 amide bonds. The maximum Gasteiger partial charge on any atom is 0.303 e. The monoisotopic (exact) mass is 216 g/mol. The molecule has 0 aromatic rings. The predicted octanol–water partition coefficient (Wildman–Crippen LogP) is 0.705. The molecular formula is C10H20N2O3. The maximum atomic E-state index is 10.2. The molecule has 88 valence electrons. The van der Waals surface area contributed by atoms with E-state index in [4.69, 9.17) is 5.11 Å². The number of unbranched alkanes of at least 4 members (excludes halogenated alkanes) is 4. The van der Waals surface area contributed by atoms with E-state index in [-0.39, 0.29) is 6.42 Å². The Labute approximate surface area is 90.2 Å². The molecule has 0 saturated heterocycles. The summed E-state index contributed by atoms with van der Waals surface area (Å²) in [5, 5.41) is 14.0. The molecule has 0 unspecified atom stereocenters. The van der Waals surface area contributed by atoms with Crippen LogP contribution in [0.2, 0.25) is 0 Å². The fourth-order valence-corrected chi connectivity index (χ4v) is 1.26. The van der Waals surface area contributed by atoms with Crippen LogP contribution in [0.1, 0.15) is 38.5 Å². The minimum Gasteiger partial charge on any atom is -0.481 e. The molecule has 5 nitrogen and oxygen atoms in total. The van der Waals surface area contributed by atoms with E-state index in [1.165, 1.54) is 0 Å². The summed E-state index contributed by atoms with van der Waals surface area (Å²) in [6.07, 6.45) is 5.95. The van der Waals surface area contributed by atoms with Crippen LogP contribution in [-0.4, -0.2) is 30.7 Å². The Morgan fingerprint density at radius 3 is 2.47 bits per heavy atom. The number of carboxylic acids is 1. The molecule has 0 bridgehead atoms. The summed E-state index contributed by atoms with van der Waals surface area (Å²) in [4.78, 5) is 20.1. The molecule has 15 heavy (non-hydrogen) atoms. The zero-order valence-corrected chi connectivity index (χ0v) is 9.00. The quantitative estimate of drug-likeness (QED) is 0.270. The van der Waals surface area contributed by atoms with E-state index in [0.717, 1.165) is 38.6 Å². The van der Waals surface area contributed by atoms with Crippen LogP contribution < -0.4 is 10.6 Å². The first kappa shape index (κ1) is 13.9. The first-order valence-corrected chi connectivity index (χ1v) is 5.37. The Kier molecular flexibility index (Phi) is 10.2. The van der Waals surface area contributed by atoms with Gasteiger partial charge in [-0.15, -0.1) is 0 Å². The maximum absolute atomic E-state index is 10.2. The highest BCUT2D eigenvalue weighted by atomic mass is 16.4. The number of carbonyl (C=O) groups excluding carboxylic acids is 1. The van der Waals surface area contributed by atoms with E-state index in [1.54, 1.807) is 0 Å². The van der Waals surface area contributed by atoms with Crippen molar-refractivity contribution in [2.45, 2.75) is 38.5 Å². The Balaban J connectivity index is 2.92. The summed E-state index contributed by atoms with van der Waals surface area (Å²) in [6, 6.07) is 0. The lowest BCUT2D eigenvalue weighted by molar-refractivity contribution is -0.137. The summed E-state index contributed by atoms with van der Waals surface area (Å²) in [5.41, 5.74) is 0. The third kappa shape index (κ3) is 12.9. The lowest BCUT2D eigenvalue weighted by Crippen LogP contribution is -2.28. The molecule has 0 heterocycles. The van der Waals surface area contributed by atoms with E-state index in [2.05, 4.69) is 10.6 Å². The Hall–Kier alpha value is -1.10. The highest BCUT2D eigenvalue weighted by molar-refractivity contribution is 5.66. The van der Waals surface area contributed by atoms with Gasteiger partial charge in [-0.25, -0.2) is 0 Å². The average molecular weight is 216 g/mol. The van der Waals surface area contributed by atoms with E-state index in [1.807, 2.05) is 0 Å². The molecular weight excluding hydrogens is 196 g/mol. The normalized spacial score (nSPS) is 9.87. The van der Waals surface area contributed by atoms with Gasteiger partial charge in [0.15, 0.2) is 0 Å². The number of amides is 1. The molecule has 0 aliphatic heterocycles. The van der Waals surface area contributed by atoms with Crippen LogP contribution in [0, 0.1) is 0 Å². The summed E-state index contributed by atoms with van der Waals surface area (Å²) in [7, 11) is 0. The van der Waals surface area contributed by atoms with Gasteiger partial charge >= 0.3 is 5.97 Å². The van der Waals surface area contributed by atoms with Gasteiger partial charge in [0.25, 0.3) is 0 Å². The first-order valence-electron chi connectivity index (χ1n) is 5.37. The van der Waals surface area contributed by atoms with Crippen molar-refractivity contribution in [1.29, 1.82) is 0 Å². The van der Waals surface area contributed by atoms with E-state index in [0.29, 0.717) is 13.1 Å². The van der Waals surface area contributed by atoms with Crippen LogP contribution in [0.5, 0.6) is 0 Å². The second kappa shape index (κ2) is 11.0. The second-order valence-corrected chi connectivity index (χ2v) is 3.41. The Bertz CT molecular complexity index is 174. The van der Waals surface area contributed by atoms with Gasteiger partial charge in [-0.2, -0.15) is 0 Å². The zero-order valence-electron chi connectivity index (χ0n) is 9.00. The Morgan fingerprint density at radius 1 is 1.13 bits per heavy atom. The van der Waals surface area contributed by atoms with E-state index >= 15 is 0 Å². The van der Waals surface area contributed by atoms with Crippen LogP contribution >= 0.6 is 0 Å². The molecule has 0 atom stereocenters. The van der Waals surface area contributed by atoms with Crippen molar-refractivity contribution in [2.24, 2.45) is 0 Å². The molecule has 0 spiro atoms. The van der Waals surface area contributed by atoms with Gasteiger partial charge in [0.1, 0.15) is 0 Å². The number of carbonyl (C=O) groups is 2. The molecule has 5 heteroatoms. The number of nitrogens with one attached hydrogen (secondary N) is 2. The van der Waals surface area contributed by atoms with Crippen LogP contribution in [-0.2, 0) is 9.59 Å². The fourth-order valence-electron chi connectivity index (χ4n) is 1.26. The molecule has 0 aromatic heterocycles.